The SMILES string of the molecule is CCOc1ccc(S(=O)(=O)N[C@@H](C)C(=O)Nc2ccccc2OC)cc1Cl. The Bertz CT molecular complexity index is 918. The molecule has 0 radical (unpaired) electrons. The molecule has 2 aromatic rings. The molecule has 1 atom stereocenters. The lowest BCUT2D eigenvalue weighted by Gasteiger charge is -2.16. The number of methoxy groups -OCH3 is 1. The summed E-state index contributed by atoms with van der Waals surface area (Å²) >= 11 is 6.04. The van der Waals surface area contributed by atoms with E-state index in [1.54, 1.807) is 31.2 Å². The summed E-state index contributed by atoms with van der Waals surface area (Å²) in [5.41, 5.74) is 0.445. The van der Waals surface area contributed by atoms with E-state index in [4.69, 9.17) is 21.1 Å². The number of ether oxygens (including phenoxy) is 2. The predicted molar refractivity (Wildman–Crippen MR) is 104 cm³/mol. The van der Waals surface area contributed by atoms with Gasteiger partial charge in [-0.2, -0.15) is 4.72 Å². The lowest BCUT2D eigenvalue weighted by molar-refractivity contribution is -0.117. The first-order chi connectivity index (χ1) is 12.8. The molecule has 7 nitrogen and oxygen atoms in total. The number of hydrogen-bond acceptors (Lipinski definition) is 5. The van der Waals surface area contributed by atoms with E-state index in [2.05, 4.69) is 10.0 Å². The quantitative estimate of drug-likeness (QED) is 0.695. The van der Waals surface area contributed by atoms with Crippen LogP contribution in [0.2, 0.25) is 5.02 Å². The highest BCUT2D eigenvalue weighted by Gasteiger charge is 2.23. The van der Waals surface area contributed by atoms with Crippen molar-refractivity contribution < 1.29 is 22.7 Å². The third-order valence-corrected chi connectivity index (χ3v) is 5.44. The molecule has 0 aliphatic rings. The monoisotopic (exact) mass is 412 g/mol. The van der Waals surface area contributed by atoms with Crippen LogP contribution in [0.4, 0.5) is 5.69 Å². The number of amides is 1. The zero-order chi connectivity index (χ0) is 20.0. The Morgan fingerprint density at radius 2 is 1.89 bits per heavy atom. The van der Waals surface area contributed by atoms with Gasteiger partial charge >= 0.3 is 0 Å². The van der Waals surface area contributed by atoms with Crippen molar-refractivity contribution in [2.24, 2.45) is 0 Å². The minimum Gasteiger partial charge on any atom is -0.495 e. The third-order valence-electron chi connectivity index (χ3n) is 3.60. The fourth-order valence-electron chi connectivity index (χ4n) is 2.26. The van der Waals surface area contributed by atoms with Gasteiger partial charge in [0.05, 0.1) is 35.4 Å². The van der Waals surface area contributed by atoms with Crippen molar-refractivity contribution in [1.29, 1.82) is 0 Å². The van der Waals surface area contributed by atoms with Crippen molar-refractivity contribution in [3.05, 3.63) is 47.5 Å². The first-order valence-corrected chi connectivity index (χ1v) is 10.0. The maximum atomic E-state index is 12.5. The highest BCUT2D eigenvalue weighted by atomic mass is 35.5. The van der Waals surface area contributed by atoms with E-state index < -0.39 is 22.0 Å². The molecule has 0 fully saturated rings. The van der Waals surface area contributed by atoms with E-state index in [0.29, 0.717) is 23.8 Å². The summed E-state index contributed by atoms with van der Waals surface area (Å²) in [5, 5.41) is 2.81. The molecule has 0 saturated heterocycles. The molecule has 0 bridgehead atoms. The van der Waals surface area contributed by atoms with Crippen LogP contribution in [0.3, 0.4) is 0 Å². The van der Waals surface area contributed by atoms with Gasteiger partial charge in [0, 0.05) is 0 Å². The number of sulfonamides is 1. The summed E-state index contributed by atoms with van der Waals surface area (Å²) in [4.78, 5) is 12.3. The van der Waals surface area contributed by atoms with Gasteiger partial charge in [0.25, 0.3) is 0 Å². The second-order valence-electron chi connectivity index (χ2n) is 5.56. The number of halogens is 1. The number of anilines is 1. The van der Waals surface area contributed by atoms with Crippen LogP contribution in [0.5, 0.6) is 11.5 Å². The molecule has 0 aliphatic carbocycles. The molecular formula is C18H21ClN2O5S. The molecule has 146 valence electrons. The minimum atomic E-state index is -3.95. The standard InChI is InChI=1S/C18H21ClN2O5S/c1-4-26-16-10-9-13(11-14(16)19)27(23,24)21-12(2)18(22)20-15-7-5-6-8-17(15)25-3/h5-12,21H,4H2,1-3H3,(H,20,22)/t12-/m0/s1. The molecule has 1 amide bonds. The molecular weight excluding hydrogens is 392 g/mol. The van der Waals surface area contributed by atoms with Crippen LogP contribution in [0, 0.1) is 0 Å². The van der Waals surface area contributed by atoms with Crippen LogP contribution in [-0.4, -0.2) is 34.1 Å². The second kappa shape index (κ2) is 9.07. The average molecular weight is 413 g/mol. The van der Waals surface area contributed by atoms with Crippen LogP contribution < -0.4 is 19.5 Å². The van der Waals surface area contributed by atoms with Crippen molar-refractivity contribution in [2.75, 3.05) is 19.0 Å². The zero-order valence-corrected chi connectivity index (χ0v) is 16.7. The Morgan fingerprint density at radius 1 is 1.19 bits per heavy atom. The number of carbonyl (C=O) groups excluding carboxylic acids is 1. The normalized spacial score (nSPS) is 12.3. The Balaban J connectivity index is 2.12. The van der Waals surface area contributed by atoms with Crippen molar-refractivity contribution in [3.8, 4) is 11.5 Å². The number of carbonyl (C=O) groups is 1. The van der Waals surface area contributed by atoms with E-state index in [-0.39, 0.29) is 9.92 Å². The molecule has 0 spiro atoms. The van der Waals surface area contributed by atoms with Crippen LogP contribution in [-0.2, 0) is 14.8 Å². The first-order valence-electron chi connectivity index (χ1n) is 8.17. The summed E-state index contributed by atoms with van der Waals surface area (Å²) in [6.45, 7) is 3.65. The maximum Gasteiger partial charge on any atom is 0.242 e. The van der Waals surface area contributed by atoms with Crippen LogP contribution >= 0.6 is 11.6 Å². The fourth-order valence-corrected chi connectivity index (χ4v) is 3.79. The van der Waals surface area contributed by atoms with Gasteiger partial charge in [0.1, 0.15) is 11.5 Å². The molecule has 9 heteroatoms. The average Bonchev–Trinajstić information content (AvgIpc) is 2.63. The fraction of sp³-hybridized carbons (Fsp3) is 0.278. The number of nitrogens with one attached hydrogen (secondary N) is 2. The van der Waals surface area contributed by atoms with E-state index in [1.807, 2.05) is 0 Å². The molecule has 0 saturated carbocycles. The maximum absolute atomic E-state index is 12.5. The Morgan fingerprint density at radius 3 is 2.52 bits per heavy atom. The molecule has 0 aliphatic heterocycles. The highest BCUT2D eigenvalue weighted by Crippen LogP contribution is 2.27. The Hall–Kier alpha value is -2.29. The number of benzene rings is 2. The first kappa shape index (κ1) is 21.0. The molecule has 2 aromatic carbocycles. The molecule has 2 N–H and O–H groups in total. The van der Waals surface area contributed by atoms with E-state index >= 15 is 0 Å². The van der Waals surface area contributed by atoms with Gasteiger partial charge in [0.2, 0.25) is 15.9 Å². The molecule has 27 heavy (non-hydrogen) atoms. The van der Waals surface area contributed by atoms with Gasteiger partial charge in [-0.3, -0.25) is 4.79 Å². The topological polar surface area (TPSA) is 93.7 Å². The van der Waals surface area contributed by atoms with Crippen LogP contribution in [0.1, 0.15) is 13.8 Å². The van der Waals surface area contributed by atoms with Crippen LogP contribution in [0.25, 0.3) is 0 Å². The van der Waals surface area contributed by atoms with Gasteiger partial charge in [-0.1, -0.05) is 23.7 Å². The van der Waals surface area contributed by atoms with E-state index in [9.17, 15) is 13.2 Å². The summed E-state index contributed by atoms with van der Waals surface area (Å²) in [7, 11) is -2.47. The van der Waals surface area contributed by atoms with Gasteiger partial charge < -0.3 is 14.8 Å². The Labute approximate surface area is 163 Å². The summed E-state index contributed by atoms with van der Waals surface area (Å²) < 4.78 is 37.8. The van der Waals surface area contributed by atoms with E-state index in [0.717, 1.165) is 0 Å². The number of rotatable bonds is 8. The molecule has 0 heterocycles. The van der Waals surface area contributed by atoms with E-state index in [1.165, 1.54) is 32.2 Å². The smallest absolute Gasteiger partial charge is 0.242 e. The second-order valence-corrected chi connectivity index (χ2v) is 7.68. The Kier molecular flexibility index (Phi) is 7.06. The zero-order valence-electron chi connectivity index (χ0n) is 15.2. The van der Waals surface area contributed by atoms with Gasteiger partial charge in [-0.05, 0) is 44.2 Å². The molecule has 0 unspecified atom stereocenters. The van der Waals surface area contributed by atoms with Crippen LogP contribution in [0.15, 0.2) is 47.4 Å². The van der Waals surface area contributed by atoms with Gasteiger partial charge in [0.15, 0.2) is 0 Å². The molecule has 0 aromatic heterocycles. The lowest BCUT2D eigenvalue weighted by Crippen LogP contribution is -2.41. The minimum absolute atomic E-state index is 0.0621. The number of hydrogen-bond donors (Lipinski definition) is 2. The van der Waals surface area contributed by atoms with Gasteiger partial charge in [-0.25, -0.2) is 8.42 Å². The van der Waals surface area contributed by atoms with Crippen molar-refractivity contribution >= 4 is 33.2 Å². The summed E-state index contributed by atoms with van der Waals surface area (Å²) in [6.07, 6.45) is 0. The van der Waals surface area contributed by atoms with Crippen molar-refractivity contribution in [1.82, 2.24) is 4.72 Å². The summed E-state index contributed by atoms with van der Waals surface area (Å²) in [6, 6.07) is 9.93. The lowest BCUT2D eigenvalue weighted by atomic mass is 10.2. The summed E-state index contributed by atoms with van der Waals surface area (Å²) in [5.74, 6) is 0.333. The third kappa shape index (κ3) is 5.35. The van der Waals surface area contributed by atoms with Crippen molar-refractivity contribution in [3.63, 3.8) is 0 Å². The predicted octanol–water partition coefficient (Wildman–Crippen LogP) is 3.05. The highest BCUT2D eigenvalue weighted by molar-refractivity contribution is 7.89. The number of para-hydroxylation sites is 2. The largest absolute Gasteiger partial charge is 0.495 e. The van der Waals surface area contributed by atoms with Gasteiger partial charge in [-0.15, -0.1) is 0 Å². The van der Waals surface area contributed by atoms with Crippen molar-refractivity contribution in [2.45, 2.75) is 24.8 Å². The molecule has 2 rings (SSSR count).